The van der Waals surface area contributed by atoms with Crippen molar-refractivity contribution in [3.8, 4) is 11.6 Å². The lowest BCUT2D eigenvalue weighted by molar-refractivity contribution is 0.436. The van der Waals surface area contributed by atoms with E-state index < -0.39 is 0 Å². The Morgan fingerprint density at radius 3 is 2.32 bits per heavy atom. The zero-order valence-corrected chi connectivity index (χ0v) is 11.7. The normalized spacial score (nSPS) is 14.9. The maximum absolute atomic E-state index is 12.4. The average molecular weight is 299 g/mol. The van der Waals surface area contributed by atoms with Crippen molar-refractivity contribution in [3.05, 3.63) is 44.4 Å². The van der Waals surface area contributed by atoms with Gasteiger partial charge >= 0.3 is 5.69 Å². The van der Waals surface area contributed by atoms with Crippen LogP contribution in [0.1, 0.15) is 24.6 Å². The van der Waals surface area contributed by atoms with E-state index in [4.69, 9.17) is 23.2 Å². The van der Waals surface area contributed by atoms with Gasteiger partial charge in [0.1, 0.15) is 0 Å². The Kier molecular flexibility index (Phi) is 2.87. The number of aromatic nitrogens is 2. The van der Waals surface area contributed by atoms with Gasteiger partial charge in [-0.3, -0.25) is 4.57 Å². The molecule has 1 aromatic carbocycles. The predicted molar refractivity (Wildman–Crippen MR) is 74.7 cm³/mol. The van der Waals surface area contributed by atoms with Crippen LogP contribution in [0.5, 0.6) is 5.88 Å². The number of aromatic hydroxyl groups is 1. The fraction of sp³-hybridized carbons (Fsp3) is 0.308. The lowest BCUT2D eigenvalue weighted by atomic mass is 10.3. The third-order valence-electron chi connectivity index (χ3n) is 3.31. The summed E-state index contributed by atoms with van der Waals surface area (Å²) in [5.74, 6) is -0.0600. The molecule has 1 fully saturated rings. The van der Waals surface area contributed by atoms with Crippen molar-refractivity contribution in [3.63, 3.8) is 0 Å². The Bertz CT molecular complexity index is 694. The van der Waals surface area contributed by atoms with Gasteiger partial charge in [-0.25, -0.2) is 9.36 Å². The van der Waals surface area contributed by atoms with Gasteiger partial charge in [-0.1, -0.05) is 23.2 Å². The van der Waals surface area contributed by atoms with Gasteiger partial charge in [-0.15, -0.1) is 0 Å². The molecule has 0 saturated heterocycles. The van der Waals surface area contributed by atoms with E-state index in [1.165, 1.54) is 4.57 Å². The molecule has 3 rings (SSSR count). The quantitative estimate of drug-likeness (QED) is 0.925. The Morgan fingerprint density at radius 2 is 1.79 bits per heavy atom. The van der Waals surface area contributed by atoms with Crippen molar-refractivity contribution < 1.29 is 5.11 Å². The van der Waals surface area contributed by atoms with Crippen LogP contribution in [0.4, 0.5) is 0 Å². The molecule has 0 unspecified atom stereocenters. The summed E-state index contributed by atoms with van der Waals surface area (Å²) in [5.41, 5.74) is 0.793. The van der Waals surface area contributed by atoms with E-state index >= 15 is 0 Å². The zero-order chi connectivity index (χ0) is 13.7. The van der Waals surface area contributed by atoms with Crippen LogP contribution >= 0.6 is 23.2 Å². The monoisotopic (exact) mass is 298 g/mol. The summed E-state index contributed by atoms with van der Waals surface area (Å²) in [6.07, 6.45) is 1.95. The fourth-order valence-corrected chi connectivity index (χ4v) is 2.79. The van der Waals surface area contributed by atoms with Gasteiger partial charge in [0, 0.05) is 16.1 Å². The minimum atomic E-state index is -0.254. The number of halogens is 2. The molecule has 1 aliphatic rings. The first-order valence-corrected chi connectivity index (χ1v) is 6.74. The minimum absolute atomic E-state index is 0.0600. The largest absolute Gasteiger partial charge is 0.493 e. The molecule has 1 heterocycles. The van der Waals surface area contributed by atoms with Gasteiger partial charge in [0.05, 0.1) is 11.4 Å². The molecule has 4 nitrogen and oxygen atoms in total. The van der Waals surface area contributed by atoms with Gasteiger partial charge in [-0.2, -0.15) is 0 Å². The smallest absolute Gasteiger partial charge is 0.336 e. The third kappa shape index (κ3) is 2.05. The second-order valence-corrected chi connectivity index (χ2v) is 5.63. The molecule has 0 spiro atoms. The van der Waals surface area contributed by atoms with Gasteiger partial charge in [0.15, 0.2) is 0 Å². The summed E-state index contributed by atoms with van der Waals surface area (Å²) in [7, 11) is 0. The van der Waals surface area contributed by atoms with E-state index in [2.05, 4.69) is 0 Å². The summed E-state index contributed by atoms with van der Waals surface area (Å²) in [5, 5.41) is 11.0. The molecule has 6 heteroatoms. The van der Waals surface area contributed by atoms with Crippen LogP contribution in [0.25, 0.3) is 5.69 Å². The Hall–Kier alpha value is -1.39. The molecule has 1 N–H and O–H groups in total. The maximum atomic E-state index is 12.4. The van der Waals surface area contributed by atoms with Crippen LogP contribution in [0.15, 0.2) is 23.0 Å². The minimum Gasteiger partial charge on any atom is -0.493 e. The van der Waals surface area contributed by atoms with Crippen LogP contribution in [0.2, 0.25) is 10.0 Å². The van der Waals surface area contributed by atoms with E-state index in [0.29, 0.717) is 21.4 Å². The van der Waals surface area contributed by atoms with Gasteiger partial charge in [0.2, 0.25) is 5.88 Å². The summed E-state index contributed by atoms with van der Waals surface area (Å²) in [6, 6.07) is 4.99. The number of hydrogen-bond acceptors (Lipinski definition) is 2. The van der Waals surface area contributed by atoms with Gasteiger partial charge in [-0.05, 0) is 38.0 Å². The molecule has 0 atom stereocenters. The molecular weight excluding hydrogens is 287 g/mol. The summed E-state index contributed by atoms with van der Waals surface area (Å²) in [6.45, 7) is 1.73. The summed E-state index contributed by atoms with van der Waals surface area (Å²) >= 11 is 11.9. The first-order chi connectivity index (χ1) is 8.99. The molecule has 0 aliphatic heterocycles. The Balaban J connectivity index is 2.25. The molecule has 2 aromatic rings. The first-order valence-electron chi connectivity index (χ1n) is 5.98. The first kappa shape index (κ1) is 12.6. The predicted octanol–water partition coefficient (Wildman–Crippen LogP) is 3.29. The average Bonchev–Trinajstić information content (AvgIpc) is 3.09. The van der Waals surface area contributed by atoms with Crippen LogP contribution in [-0.2, 0) is 0 Å². The number of nitrogens with zero attached hydrogens (tertiary/aromatic N) is 2. The van der Waals surface area contributed by atoms with E-state index in [1.54, 1.807) is 29.7 Å². The molecule has 1 aliphatic carbocycles. The van der Waals surface area contributed by atoms with Crippen LogP contribution in [0, 0.1) is 6.92 Å². The van der Waals surface area contributed by atoms with Gasteiger partial charge in [0.25, 0.3) is 0 Å². The molecule has 0 bridgehead atoms. The SMILES string of the molecule is Cc1c(O)n(-c2cc(Cl)cc(Cl)c2)c(=O)n1C1CC1. The van der Waals surface area contributed by atoms with Crippen molar-refractivity contribution in [1.29, 1.82) is 0 Å². The number of benzene rings is 1. The van der Waals surface area contributed by atoms with Crippen LogP contribution < -0.4 is 5.69 Å². The molecule has 0 amide bonds. The highest BCUT2D eigenvalue weighted by molar-refractivity contribution is 6.34. The summed E-state index contributed by atoms with van der Waals surface area (Å²) in [4.78, 5) is 12.4. The van der Waals surface area contributed by atoms with E-state index in [9.17, 15) is 9.90 Å². The van der Waals surface area contributed by atoms with Crippen LogP contribution in [0.3, 0.4) is 0 Å². The lowest BCUT2D eigenvalue weighted by Crippen LogP contribution is -2.23. The van der Waals surface area contributed by atoms with Crippen LogP contribution in [-0.4, -0.2) is 14.2 Å². The van der Waals surface area contributed by atoms with Crippen molar-refractivity contribution in [2.75, 3.05) is 0 Å². The zero-order valence-electron chi connectivity index (χ0n) is 10.2. The highest BCUT2D eigenvalue weighted by Crippen LogP contribution is 2.37. The molecule has 0 radical (unpaired) electrons. The summed E-state index contributed by atoms with van der Waals surface area (Å²) < 4.78 is 2.87. The van der Waals surface area contributed by atoms with E-state index in [1.807, 2.05) is 0 Å². The Labute approximate surface area is 119 Å². The molecule has 19 heavy (non-hydrogen) atoms. The second-order valence-electron chi connectivity index (χ2n) is 4.76. The van der Waals surface area contributed by atoms with E-state index in [-0.39, 0.29) is 17.6 Å². The van der Waals surface area contributed by atoms with E-state index in [0.717, 1.165) is 12.8 Å². The standard InChI is InChI=1S/C13H12Cl2N2O2/c1-7-12(18)17(13(19)16(7)10-2-3-10)11-5-8(14)4-9(15)6-11/h4-6,10,18H,2-3H2,1H3. The number of rotatable bonds is 2. The van der Waals surface area contributed by atoms with Crippen molar-refractivity contribution >= 4 is 23.2 Å². The second kappa shape index (κ2) is 4.32. The van der Waals surface area contributed by atoms with Crippen molar-refractivity contribution in [1.82, 2.24) is 9.13 Å². The number of hydrogen-bond donors (Lipinski definition) is 1. The van der Waals surface area contributed by atoms with Gasteiger partial charge < -0.3 is 5.11 Å². The maximum Gasteiger partial charge on any atom is 0.336 e. The lowest BCUT2D eigenvalue weighted by Gasteiger charge is -2.04. The fourth-order valence-electron chi connectivity index (χ4n) is 2.28. The molecular formula is C13H12Cl2N2O2. The van der Waals surface area contributed by atoms with Crippen molar-refractivity contribution in [2.24, 2.45) is 0 Å². The topological polar surface area (TPSA) is 47.2 Å². The number of imidazole rings is 1. The van der Waals surface area contributed by atoms with Crippen molar-refractivity contribution in [2.45, 2.75) is 25.8 Å². The Morgan fingerprint density at radius 1 is 1.21 bits per heavy atom. The highest BCUT2D eigenvalue weighted by atomic mass is 35.5. The molecule has 1 saturated carbocycles. The highest BCUT2D eigenvalue weighted by Gasteiger charge is 2.30. The third-order valence-corrected chi connectivity index (χ3v) is 3.75. The molecule has 100 valence electrons. The molecule has 1 aromatic heterocycles.